The molecule has 1 heterocycles. The second kappa shape index (κ2) is 5.65. The van der Waals surface area contributed by atoms with Crippen LogP contribution in [0.5, 0.6) is 0 Å². The molecule has 0 bridgehead atoms. The maximum Gasteiger partial charge on any atom is 0.142 e. The topological polar surface area (TPSA) is 60.9 Å². The summed E-state index contributed by atoms with van der Waals surface area (Å²) in [6, 6.07) is 2.05. The van der Waals surface area contributed by atoms with Gasteiger partial charge in [0.15, 0.2) is 0 Å². The van der Waals surface area contributed by atoms with Crippen LogP contribution in [0.15, 0.2) is 6.07 Å². The molecule has 2 unspecified atom stereocenters. The van der Waals surface area contributed by atoms with E-state index in [1.165, 1.54) is 0 Å². The lowest BCUT2D eigenvalue weighted by atomic mass is 9.90. The van der Waals surface area contributed by atoms with E-state index >= 15 is 0 Å². The molecule has 4 heteroatoms. The van der Waals surface area contributed by atoms with Gasteiger partial charge in [-0.25, -0.2) is 0 Å². The number of carbonyl (C=O) groups excluding carboxylic acids is 1. The summed E-state index contributed by atoms with van der Waals surface area (Å²) in [4.78, 5) is 12.3. The average Bonchev–Trinajstić information content (AvgIpc) is 2.96. The van der Waals surface area contributed by atoms with Gasteiger partial charge in [0.05, 0.1) is 5.69 Å². The van der Waals surface area contributed by atoms with Crippen LogP contribution in [0.25, 0.3) is 0 Å². The van der Waals surface area contributed by atoms with Crippen molar-refractivity contribution in [3.8, 4) is 0 Å². The Kier molecular flexibility index (Phi) is 4.17. The van der Waals surface area contributed by atoms with Crippen molar-refractivity contribution in [1.29, 1.82) is 0 Å². The molecule has 2 rings (SSSR count). The molecule has 1 aromatic heterocycles. The first-order valence-electron chi connectivity index (χ1n) is 6.90. The van der Waals surface area contributed by atoms with E-state index in [1.807, 2.05) is 17.8 Å². The second-order valence-electron chi connectivity index (χ2n) is 5.28. The summed E-state index contributed by atoms with van der Waals surface area (Å²) in [7, 11) is 1.91. The van der Waals surface area contributed by atoms with Crippen molar-refractivity contribution in [2.24, 2.45) is 24.6 Å². The third kappa shape index (κ3) is 2.64. The van der Waals surface area contributed by atoms with Gasteiger partial charge in [-0.15, -0.1) is 0 Å². The van der Waals surface area contributed by atoms with Crippen molar-refractivity contribution >= 4 is 5.78 Å². The number of rotatable bonds is 5. The molecule has 0 aliphatic heterocycles. The van der Waals surface area contributed by atoms with Crippen LogP contribution in [0.3, 0.4) is 0 Å². The van der Waals surface area contributed by atoms with Crippen LogP contribution >= 0.6 is 0 Å². The number of nitrogens with two attached hydrogens (primary N) is 1. The largest absolute Gasteiger partial charge is 0.330 e. The van der Waals surface area contributed by atoms with E-state index in [0.29, 0.717) is 24.7 Å². The molecule has 2 atom stereocenters. The van der Waals surface area contributed by atoms with Crippen LogP contribution in [0.1, 0.15) is 37.6 Å². The van der Waals surface area contributed by atoms with E-state index in [0.717, 1.165) is 37.1 Å². The van der Waals surface area contributed by atoms with E-state index in [4.69, 9.17) is 5.73 Å². The zero-order valence-corrected chi connectivity index (χ0v) is 11.4. The minimum Gasteiger partial charge on any atom is -0.330 e. The normalized spacial score (nSPS) is 23.5. The van der Waals surface area contributed by atoms with Gasteiger partial charge < -0.3 is 5.73 Å². The number of hydrogen-bond acceptors (Lipinski definition) is 3. The minimum absolute atomic E-state index is 0.176. The predicted octanol–water partition coefficient (Wildman–Crippen LogP) is 1.47. The van der Waals surface area contributed by atoms with Crippen LogP contribution in [-0.2, 0) is 24.7 Å². The third-order valence-corrected chi connectivity index (χ3v) is 4.12. The Morgan fingerprint density at radius 1 is 1.56 bits per heavy atom. The van der Waals surface area contributed by atoms with Gasteiger partial charge >= 0.3 is 0 Å². The molecule has 4 nitrogen and oxygen atoms in total. The first-order valence-corrected chi connectivity index (χ1v) is 6.90. The number of carbonyl (C=O) groups is 1. The predicted molar refractivity (Wildman–Crippen MR) is 71.2 cm³/mol. The lowest BCUT2D eigenvalue weighted by Gasteiger charge is -2.16. The minimum atomic E-state index is 0.176. The van der Waals surface area contributed by atoms with Crippen LogP contribution < -0.4 is 5.73 Å². The molecule has 1 fully saturated rings. The molecule has 0 spiro atoms. The van der Waals surface area contributed by atoms with Crippen LogP contribution in [-0.4, -0.2) is 22.1 Å². The highest BCUT2D eigenvalue weighted by atomic mass is 16.1. The van der Waals surface area contributed by atoms with E-state index in [-0.39, 0.29) is 5.92 Å². The number of aromatic nitrogens is 2. The fraction of sp³-hybridized carbons (Fsp3) is 0.714. The van der Waals surface area contributed by atoms with E-state index < -0.39 is 0 Å². The van der Waals surface area contributed by atoms with Crippen molar-refractivity contribution in [2.75, 3.05) is 6.54 Å². The third-order valence-electron chi connectivity index (χ3n) is 4.12. The first kappa shape index (κ1) is 13.3. The lowest BCUT2D eigenvalue weighted by Crippen LogP contribution is -2.26. The average molecular weight is 249 g/mol. The standard InChI is InChI=1S/C14H23N3O/c1-3-11-7-12(17(2)16-11)8-14(18)13-6-4-5-10(13)9-15/h7,10,13H,3-6,8-9,15H2,1-2H3. The van der Waals surface area contributed by atoms with Gasteiger partial charge in [-0.05, 0) is 37.8 Å². The maximum absolute atomic E-state index is 12.3. The highest BCUT2D eigenvalue weighted by Gasteiger charge is 2.31. The van der Waals surface area contributed by atoms with E-state index in [9.17, 15) is 4.79 Å². The van der Waals surface area contributed by atoms with Crippen LogP contribution in [0.2, 0.25) is 0 Å². The van der Waals surface area contributed by atoms with Crippen molar-refractivity contribution in [2.45, 2.75) is 39.0 Å². The molecule has 0 saturated heterocycles. The molecule has 18 heavy (non-hydrogen) atoms. The van der Waals surface area contributed by atoms with Gasteiger partial charge in [0.1, 0.15) is 5.78 Å². The Labute approximate surface area is 109 Å². The number of nitrogens with zero attached hydrogens (tertiary/aromatic N) is 2. The van der Waals surface area contributed by atoms with Gasteiger partial charge in [-0.1, -0.05) is 13.3 Å². The molecular weight excluding hydrogens is 226 g/mol. The molecule has 0 amide bonds. The lowest BCUT2D eigenvalue weighted by molar-refractivity contribution is -0.123. The van der Waals surface area contributed by atoms with E-state index in [2.05, 4.69) is 12.0 Å². The molecule has 0 aromatic carbocycles. The van der Waals surface area contributed by atoms with Crippen LogP contribution in [0.4, 0.5) is 0 Å². The Hall–Kier alpha value is -1.16. The second-order valence-corrected chi connectivity index (χ2v) is 5.28. The Morgan fingerprint density at radius 3 is 2.94 bits per heavy atom. The zero-order valence-electron chi connectivity index (χ0n) is 11.4. The maximum atomic E-state index is 12.3. The summed E-state index contributed by atoms with van der Waals surface area (Å²) in [5.74, 6) is 0.917. The fourth-order valence-corrected chi connectivity index (χ4v) is 2.96. The summed E-state index contributed by atoms with van der Waals surface area (Å²) < 4.78 is 1.84. The molecule has 1 aliphatic carbocycles. The molecule has 1 saturated carbocycles. The SMILES string of the molecule is CCc1cc(CC(=O)C2CCCC2CN)n(C)n1. The smallest absolute Gasteiger partial charge is 0.142 e. The number of aryl methyl sites for hydroxylation is 2. The van der Waals surface area contributed by atoms with Crippen molar-refractivity contribution < 1.29 is 4.79 Å². The van der Waals surface area contributed by atoms with Gasteiger partial charge in [0, 0.05) is 25.1 Å². The number of Topliss-reactive ketones (excluding diaryl/α,β-unsaturated/α-hetero) is 1. The molecule has 1 aromatic rings. The highest BCUT2D eigenvalue weighted by Crippen LogP contribution is 2.32. The highest BCUT2D eigenvalue weighted by molar-refractivity contribution is 5.83. The Bertz CT molecular complexity index is 425. The van der Waals surface area contributed by atoms with Gasteiger partial charge in [0.25, 0.3) is 0 Å². The molecule has 2 N–H and O–H groups in total. The van der Waals surface area contributed by atoms with E-state index in [1.54, 1.807) is 0 Å². The summed E-state index contributed by atoms with van der Waals surface area (Å²) in [5.41, 5.74) is 7.83. The van der Waals surface area contributed by atoms with Gasteiger partial charge in [0.2, 0.25) is 0 Å². The summed E-state index contributed by atoms with van der Waals surface area (Å²) in [5, 5.41) is 4.39. The molecule has 0 radical (unpaired) electrons. The molecule has 1 aliphatic rings. The fourth-order valence-electron chi connectivity index (χ4n) is 2.96. The summed E-state index contributed by atoms with van der Waals surface area (Å²) in [6.45, 7) is 2.72. The van der Waals surface area contributed by atoms with Crippen molar-refractivity contribution in [1.82, 2.24) is 9.78 Å². The summed E-state index contributed by atoms with van der Waals surface area (Å²) >= 11 is 0. The number of hydrogen-bond donors (Lipinski definition) is 1. The quantitative estimate of drug-likeness (QED) is 0.859. The van der Waals surface area contributed by atoms with Crippen molar-refractivity contribution in [3.05, 3.63) is 17.5 Å². The molecular formula is C14H23N3O. The van der Waals surface area contributed by atoms with Crippen molar-refractivity contribution in [3.63, 3.8) is 0 Å². The molecule has 100 valence electrons. The zero-order chi connectivity index (χ0) is 13.1. The monoisotopic (exact) mass is 249 g/mol. The Balaban J connectivity index is 2.04. The van der Waals surface area contributed by atoms with Gasteiger partial charge in [-0.3, -0.25) is 9.48 Å². The van der Waals surface area contributed by atoms with Gasteiger partial charge in [-0.2, -0.15) is 5.10 Å². The van der Waals surface area contributed by atoms with Crippen LogP contribution in [0, 0.1) is 11.8 Å². The summed E-state index contributed by atoms with van der Waals surface area (Å²) in [6.07, 6.45) is 4.68. The first-order chi connectivity index (χ1) is 8.65. The number of ketones is 1. The Morgan fingerprint density at radius 2 is 2.33 bits per heavy atom.